The number of anilines is 1. The summed E-state index contributed by atoms with van der Waals surface area (Å²) in [6, 6.07) is 6.01. The van der Waals surface area contributed by atoms with Crippen LogP contribution >= 0.6 is 23.2 Å². The standard InChI is InChI=1S/C18H25Cl2N3/c1-4-23(5-2)10-6-7-13(3)22-17-8-9-21-18-15(17)11-14(19)12-16(18)20/h8-9,11-13H,4-7,10H2,1-3H3,(H,21,22)/t13-/m0/s1. The molecule has 23 heavy (non-hydrogen) atoms. The number of halogens is 2. The van der Waals surface area contributed by atoms with E-state index in [0.29, 0.717) is 16.1 Å². The minimum Gasteiger partial charge on any atom is -0.382 e. The third-order valence-electron chi connectivity index (χ3n) is 4.17. The Morgan fingerprint density at radius 3 is 2.65 bits per heavy atom. The Labute approximate surface area is 149 Å². The van der Waals surface area contributed by atoms with Gasteiger partial charge in [0.1, 0.15) is 0 Å². The van der Waals surface area contributed by atoms with Gasteiger partial charge in [0.05, 0.1) is 10.5 Å². The minimum absolute atomic E-state index is 0.383. The van der Waals surface area contributed by atoms with Gasteiger partial charge >= 0.3 is 0 Å². The monoisotopic (exact) mass is 353 g/mol. The first-order chi connectivity index (χ1) is 11.0. The van der Waals surface area contributed by atoms with E-state index in [1.54, 1.807) is 12.3 Å². The first-order valence-corrected chi connectivity index (χ1v) is 9.03. The van der Waals surface area contributed by atoms with Crippen molar-refractivity contribution < 1.29 is 0 Å². The van der Waals surface area contributed by atoms with Gasteiger partial charge in [0.15, 0.2) is 0 Å². The van der Waals surface area contributed by atoms with Crippen LogP contribution in [0.3, 0.4) is 0 Å². The molecule has 126 valence electrons. The van der Waals surface area contributed by atoms with Gasteiger partial charge in [0, 0.05) is 28.3 Å². The molecule has 1 N–H and O–H groups in total. The van der Waals surface area contributed by atoms with E-state index in [-0.39, 0.29) is 0 Å². The van der Waals surface area contributed by atoms with Crippen molar-refractivity contribution in [3.63, 3.8) is 0 Å². The number of benzene rings is 1. The highest BCUT2D eigenvalue weighted by atomic mass is 35.5. The fourth-order valence-electron chi connectivity index (χ4n) is 2.80. The smallest absolute Gasteiger partial charge is 0.0909 e. The molecule has 0 aliphatic heterocycles. The highest BCUT2D eigenvalue weighted by Crippen LogP contribution is 2.31. The molecule has 0 unspecified atom stereocenters. The summed E-state index contributed by atoms with van der Waals surface area (Å²) >= 11 is 12.4. The Balaban J connectivity index is 2.04. The van der Waals surface area contributed by atoms with Crippen LogP contribution < -0.4 is 5.32 Å². The first kappa shape index (κ1) is 18.3. The molecule has 1 aromatic heterocycles. The summed E-state index contributed by atoms with van der Waals surface area (Å²) in [5, 5.41) is 5.77. The first-order valence-electron chi connectivity index (χ1n) is 8.27. The number of pyridine rings is 1. The van der Waals surface area contributed by atoms with Gasteiger partial charge in [0.2, 0.25) is 0 Å². The lowest BCUT2D eigenvalue weighted by molar-refractivity contribution is 0.295. The summed E-state index contributed by atoms with van der Waals surface area (Å²) in [4.78, 5) is 6.81. The molecule has 2 rings (SSSR count). The van der Waals surface area contributed by atoms with Gasteiger partial charge in [-0.1, -0.05) is 37.0 Å². The predicted molar refractivity (Wildman–Crippen MR) is 102 cm³/mol. The van der Waals surface area contributed by atoms with Crippen molar-refractivity contribution >= 4 is 39.8 Å². The second-order valence-corrected chi connectivity index (χ2v) is 6.70. The molecule has 0 saturated carbocycles. The molecule has 1 heterocycles. The number of aromatic nitrogens is 1. The Morgan fingerprint density at radius 2 is 1.96 bits per heavy atom. The summed E-state index contributed by atoms with van der Waals surface area (Å²) in [7, 11) is 0. The van der Waals surface area contributed by atoms with Gasteiger partial charge in [-0.25, -0.2) is 0 Å². The fraction of sp³-hybridized carbons (Fsp3) is 0.500. The molecule has 2 aromatic rings. The van der Waals surface area contributed by atoms with E-state index in [1.165, 1.54) is 6.42 Å². The van der Waals surface area contributed by atoms with E-state index in [0.717, 1.165) is 42.6 Å². The average molecular weight is 354 g/mol. The van der Waals surface area contributed by atoms with Crippen LogP contribution in [0.1, 0.15) is 33.6 Å². The lowest BCUT2D eigenvalue weighted by atomic mass is 10.1. The maximum Gasteiger partial charge on any atom is 0.0909 e. The molecule has 5 heteroatoms. The number of hydrogen-bond donors (Lipinski definition) is 1. The van der Waals surface area contributed by atoms with E-state index in [9.17, 15) is 0 Å². The molecule has 1 atom stereocenters. The lowest BCUT2D eigenvalue weighted by Gasteiger charge is -2.21. The third-order valence-corrected chi connectivity index (χ3v) is 4.68. The van der Waals surface area contributed by atoms with Crippen LogP contribution in [0, 0.1) is 0 Å². The molecule has 0 bridgehead atoms. The van der Waals surface area contributed by atoms with Gasteiger partial charge in [-0.05, 0) is 57.6 Å². The van der Waals surface area contributed by atoms with E-state index >= 15 is 0 Å². The fourth-order valence-corrected chi connectivity index (χ4v) is 3.35. The maximum absolute atomic E-state index is 6.24. The summed E-state index contributed by atoms with van der Waals surface area (Å²) in [6.45, 7) is 10.0. The molecule has 3 nitrogen and oxygen atoms in total. The topological polar surface area (TPSA) is 28.2 Å². The van der Waals surface area contributed by atoms with Crippen LogP contribution in [-0.2, 0) is 0 Å². The normalized spacial score (nSPS) is 12.8. The van der Waals surface area contributed by atoms with Crippen molar-refractivity contribution in [3.05, 3.63) is 34.4 Å². The van der Waals surface area contributed by atoms with Crippen LogP contribution in [0.4, 0.5) is 5.69 Å². The second-order valence-electron chi connectivity index (χ2n) is 5.86. The molecule has 0 aliphatic carbocycles. The molecule has 1 aromatic carbocycles. The number of fused-ring (bicyclic) bond motifs is 1. The van der Waals surface area contributed by atoms with Gasteiger partial charge < -0.3 is 10.2 Å². The van der Waals surface area contributed by atoms with Crippen molar-refractivity contribution in [3.8, 4) is 0 Å². The van der Waals surface area contributed by atoms with E-state index in [4.69, 9.17) is 23.2 Å². The van der Waals surface area contributed by atoms with Crippen molar-refractivity contribution in [2.45, 2.75) is 39.7 Å². The van der Waals surface area contributed by atoms with Gasteiger partial charge in [-0.3, -0.25) is 4.98 Å². The largest absolute Gasteiger partial charge is 0.382 e. The molecule has 0 fully saturated rings. The molecular weight excluding hydrogens is 329 g/mol. The Bertz CT molecular complexity index is 641. The number of hydrogen-bond acceptors (Lipinski definition) is 3. The molecule has 0 aliphatic rings. The number of nitrogens with zero attached hydrogens (tertiary/aromatic N) is 2. The van der Waals surface area contributed by atoms with Gasteiger partial charge in [-0.15, -0.1) is 0 Å². The SMILES string of the molecule is CCN(CC)CCC[C@H](C)Nc1ccnc2c(Cl)cc(Cl)cc12. The molecule has 0 saturated heterocycles. The molecule has 0 amide bonds. The van der Waals surface area contributed by atoms with Gasteiger partial charge in [-0.2, -0.15) is 0 Å². The minimum atomic E-state index is 0.383. The zero-order chi connectivity index (χ0) is 16.8. The molecule has 0 spiro atoms. The third kappa shape index (κ3) is 4.97. The van der Waals surface area contributed by atoms with Crippen LogP contribution in [0.25, 0.3) is 10.9 Å². The molecular formula is C18H25Cl2N3. The van der Waals surface area contributed by atoms with Gasteiger partial charge in [0.25, 0.3) is 0 Å². The predicted octanol–water partition coefficient (Wildman–Crippen LogP) is 5.46. The van der Waals surface area contributed by atoms with Crippen LogP contribution in [-0.4, -0.2) is 35.6 Å². The van der Waals surface area contributed by atoms with Crippen molar-refractivity contribution in [2.75, 3.05) is 25.0 Å². The maximum atomic E-state index is 6.24. The van der Waals surface area contributed by atoms with E-state index in [2.05, 4.69) is 36.0 Å². The Kier molecular flexibility index (Phi) is 6.94. The summed E-state index contributed by atoms with van der Waals surface area (Å²) in [5.41, 5.74) is 1.83. The Morgan fingerprint density at radius 1 is 1.22 bits per heavy atom. The summed E-state index contributed by atoms with van der Waals surface area (Å²) < 4.78 is 0. The Hall–Kier alpha value is -1.03. The van der Waals surface area contributed by atoms with Crippen molar-refractivity contribution in [2.24, 2.45) is 0 Å². The van der Waals surface area contributed by atoms with Crippen molar-refractivity contribution in [1.82, 2.24) is 9.88 Å². The highest BCUT2D eigenvalue weighted by Gasteiger charge is 2.10. The second kappa shape index (κ2) is 8.72. The number of rotatable bonds is 8. The van der Waals surface area contributed by atoms with Crippen LogP contribution in [0.15, 0.2) is 24.4 Å². The quantitative estimate of drug-likeness (QED) is 0.682. The van der Waals surface area contributed by atoms with Crippen LogP contribution in [0.2, 0.25) is 10.0 Å². The van der Waals surface area contributed by atoms with E-state index < -0.39 is 0 Å². The summed E-state index contributed by atoms with van der Waals surface area (Å²) in [6.07, 6.45) is 4.09. The zero-order valence-corrected chi connectivity index (χ0v) is 15.6. The highest BCUT2D eigenvalue weighted by molar-refractivity contribution is 6.38. The van der Waals surface area contributed by atoms with Crippen LogP contribution in [0.5, 0.6) is 0 Å². The van der Waals surface area contributed by atoms with E-state index in [1.807, 2.05) is 12.1 Å². The zero-order valence-electron chi connectivity index (χ0n) is 14.1. The average Bonchev–Trinajstić information content (AvgIpc) is 2.52. The van der Waals surface area contributed by atoms with Crippen molar-refractivity contribution in [1.29, 1.82) is 0 Å². The summed E-state index contributed by atoms with van der Waals surface area (Å²) in [5.74, 6) is 0. The molecule has 0 radical (unpaired) electrons. The number of nitrogens with one attached hydrogen (secondary N) is 1. The lowest BCUT2D eigenvalue weighted by Crippen LogP contribution is -2.25.